The van der Waals surface area contributed by atoms with Gasteiger partial charge in [-0.1, -0.05) is 35.9 Å². The molecule has 2 amide bonds. The number of benzene rings is 2. The largest absolute Gasteiger partial charge is 0.355 e. The molecule has 2 heterocycles. The molecule has 33 heavy (non-hydrogen) atoms. The van der Waals surface area contributed by atoms with Crippen LogP contribution in [0.2, 0.25) is 5.02 Å². The van der Waals surface area contributed by atoms with Crippen LogP contribution in [0.25, 0.3) is 6.08 Å². The third-order valence-corrected chi connectivity index (χ3v) is 5.77. The zero-order chi connectivity index (χ0) is 23.6. The van der Waals surface area contributed by atoms with Gasteiger partial charge in [-0.2, -0.15) is 0 Å². The predicted octanol–water partition coefficient (Wildman–Crippen LogP) is 4.57. The average molecular weight is 465 g/mol. The molecule has 0 bridgehead atoms. The lowest BCUT2D eigenvalue weighted by Gasteiger charge is -2.39. The molecule has 1 atom stereocenters. The predicted molar refractivity (Wildman–Crippen MR) is 126 cm³/mol. The Hall–Kier alpha value is -3.71. The van der Waals surface area contributed by atoms with Crippen molar-refractivity contribution in [3.8, 4) is 0 Å². The first-order valence-electron chi connectivity index (χ1n) is 10.3. The van der Waals surface area contributed by atoms with Crippen molar-refractivity contribution < 1.29 is 14.0 Å². The highest BCUT2D eigenvalue weighted by molar-refractivity contribution is 6.31. The van der Waals surface area contributed by atoms with Crippen LogP contribution in [0.3, 0.4) is 0 Å². The molecule has 0 fully saturated rings. The number of halogens is 2. The smallest absolute Gasteiger partial charge is 0.255 e. The van der Waals surface area contributed by atoms with Gasteiger partial charge in [0.15, 0.2) is 5.66 Å². The van der Waals surface area contributed by atoms with Crippen molar-refractivity contribution in [2.24, 2.45) is 0 Å². The standard InChI is InChI=1S/C25H22ClFN4O2/c1-16(32)31(2)15-19-7-5-6-18(28-19)12-13-25(21-8-3-4-9-22(21)26)29-23-11-10-17(27)14-20(23)24(33)30-25/h3-14,29H,15H2,1-2H3,(H,30,33)/b13-12+/t25-/m0/s1. The summed E-state index contributed by atoms with van der Waals surface area (Å²) < 4.78 is 13.7. The number of nitrogens with zero attached hydrogens (tertiary/aromatic N) is 2. The van der Waals surface area contributed by atoms with Crippen molar-refractivity contribution in [1.82, 2.24) is 15.2 Å². The molecule has 0 saturated carbocycles. The van der Waals surface area contributed by atoms with E-state index in [4.69, 9.17) is 11.6 Å². The van der Waals surface area contributed by atoms with Gasteiger partial charge in [0, 0.05) is 30.2 Å². The van der Waals surface area contributed by atoms with Gasteiger partial charge in [0.05, 0.1) is 23.5 Å². The lowest BCUT2D eigenvalue weighted by atomic mass is 9.93. The first kappa shape index (κ1) is 22.5. The number of anilines is 1. The summed E-state index contributed by atoms with van der Waals surface area (Å²) in [6, 6.07) is 16.7. The van der Waals surface area contributed by atoms with Crippen molar-refractivity contribution in [2.45, 2.75) is 19.1 Å². The molecule has 2 N–H and O–H groups in total. The van der Waals surface area contributed by atoms with Crippen LogP contribution in [0.15, 0.2) is 66.7 Å². The number of hydrogen-bond acceptors (Lipinski definition) is 4. The molecule has 6 nitrogen and oxygen atoms in total. The fraction of sp³-hybridized carbons (Fsp3) is 0.160. The number of carbonyl (C=O) groups is 2. The normalized spacial score (nSPS) is 17.3. The number of rotatable bonds is 5. The van der Waals surface area contributed by atoms with E-state index in [2.05, 4.69) is 15.6 Å². The molecule has 4 rings (SSSR count). The van der Waals surface area contributed by atoms with E-state index in [1.54, 1.807) is 42.3 Å². The zero-order valence-electron chi connectivity index (χ0n) is 18.1. The Labute approximate surface area is 196 Å². The summed E-state index contributed by atoms with van der Waals surface area (Å²) in [6.45, 7) is 1.87. The van der Waals surface area contributed by atoms with Crippen molar-refractivity contribution in [1.29, 1.82) is 0 Å². The number of nitrogens with one attached hydrogen (secondary N) is 2. The molecule has 168 valence electrons. The van der Waals surface area contributed by atoms with Gasteiger partial charge >= 0.3 is 0 Å². The van der Waals surface area contributed by atoms with Crippen LogP contribution in [0.1, 0.15) is 34.2 Å². The molecule has 3 aromatic rings. The molecule has 1 aliphatic heterocycles. The topological polar surface area (TPSA) is 74.3 Å². The van der Waals surface area contributed by atoms with Gasteiger partial charge < -0.3 is 15.5 Å². The Kier molecular flexibility index (Phi) is 6.16. The number of aromatic nitrogens is 1. The van der Waals surface area contributed by atoms with E-state index in [0.717, 1.165) is 5.69 Å². The van der Waals surface area contributed by atoms with Crippen LogP contribution >= 0.6 is 11.6 Å². The lowest BCUT2D eigenvalue weighted by molar-refractivity contribution is -0.128. The van der Waals surface area contributed by atoms with Crippen molar-refractivity contribution in [2.75, 3.05) is 12.4 Å². The van der Waals surface area contributed by atoms with Crippen LogP contribution < -0.4 is 10.6 Å². The maximum atomic E-state index is 13.7. The van der Waals surface area contributed by atoms with Gasteiger partial charge in [-0.3, -0.25) is 14.6 Å². The lowest BCUT2D eigenvalue weighted by Crippen LogP contribution is -2.54. The third-order valence-electron chi connectivity index (χ3n) is 5.44. The Morgan fingerprint density at radius 1 is 1.15 bits per heavy atom. The Balaban J connectivity index is 1.74. The van der Waals surface area contributed by atoms with Gasteiger partial charge in [-0.15, -0.1) is 0 Å². The summed E-state index contributed by atoms with van der Waals surface area (Å²) in [4.78, 5) is 30.7. The molecule has 1 aliphatic rings. The minimum Gasteiger partial charge on any atom is -0.355 e. The minimum absolute atomic E-state index is 0.0559. The number of hydrogen-bond donors (Lipinski definition) is 2. The zero-order valence-corrected chi connectivity index (χ0v) is 18.9. The highest BCUT2D eigenvalue weighted by Gasteiger charge is 2.38. The number of fused-ring (bicyclic) bond motifs is 1. The highest BCUT2D eigenvalue weighted by Crippen LogP contribution is 2.36. The number of pyridine rings is 1. The fourth-order valence-electron chi connectivity index (χ4n) is 3.64. The van der Waals surface area contributed by atoms with E-state index in [-0.39, 0.29) is 11.5 Å². The van der Waals surface area contributed by atoms with Crippen molar-refractivity contribution in [3.63, 3.8) is 0 Å². The quantitative estimate of drug-likeness (QED) is 0.580. The Morgan fingerprint density at radius 2 is 1.94 bits per heavy atom. The summed E-state index contributed by atoms with van der Waals surface area (Å²) in [6.07, 6.45) is 3.53. The average Bonchev–Trinajstić information content (AvgIpc) is 2.79. The number of amides is 2. The maximum Gasteiger partial charge on any atom is 0.255 e. The first-order chi connectivity index (χ1) is 15.8. The second kappa shape index (κ2) is 9.03. The van der Waals surface area contributed by atoms with Crippen molar-refractivity contribution in [3.05, 3.63) is 100 Å². The van der Waals surface area contributed by atoms with E-state index in [1.807, 2.05) is 24.3 Å². The van der Waals surface area contributed by atoms with Crippen LogP contribution in [0.5, 0.6) is 0 Å². The Morgan fingerprint density at radius 3 is 2.70 bits per heavy atom. The summed E-state index contributed by atoms with van der Waals surface area (Å²) in [5.74, 6) is -0.986. The van der Waals surface area contributed by atoms with Crippen LogP contribution in [-0.2, 0) is 17.0 Å². The molecule has 0 unspecified atom stereocenters. The molecular weight excluding hydrogens is 443 g/mol. The maximum absolute atomic E-state index is 13.7. The Bertz CT molecular complexity index is 1260. The molecule has 2 aromatic carbocycles. The van der Waals surface area contributed by atoms with Gasteiger partial charge in [0.2, 0.25) is 5.91 Å². The molecule has 0 radical (unpaired) electrons. The molecule has 0 aliphatic carbocycles. The van der Waals surface area contributed by atoms with E-state index < -0.39 is 17.4 Å². The molecule has 1 aromatic heterocycles. The van der Waals surface area contributed by atoms with Gasteiger partial charge in [0.25, 0.3) is 5.91 Å². The summed E-state index contributed by atoms with van der Waals surface area (Å²) in [7, 11) is 1.71. The van der Waals surface area contributed by atoms with E-state index in [1.165, 1.54) is 25.1 Å². The minimum atomic E-state index is -1.19. The molecular formula is C25H22ClFN4O2. The molecule has 0 saturated heterocycles. The summed E-state index contributed by atoms with van der Waals surface area (Å²) in [5.41, 5.74) is 1.49. The van der Waals surface area contributed by atoms with E-state index in [9.17, 15) is 14.0 Å². The fourth-order valence-corrected chi connectivity index (χ4v) is 3.92. The van der Waals surface area contributed by atoms with Gasteiger partial charge in [-0.25, -0.2) is 4.39 Å². The molecule has 8 heteroatoms. The van der Waals surface area contributed by atoms with Gasteiger partial charge in [-0.05, 0) is 48.6 Å². The second-order valence-electron chi connectivity index (χ2n) is 7.82. The number of carbonyl (C=O) groups excluding carboxylic acids is 2. The monoisotopic (exact) mass is 464 g/mol. The summed E-state index contributed by atoms with van der Waals surface area (Å²) >= 11 is 6.50. The van der Waals surface area contributed by atoms with Crippen LogP contribution in [0, 0.1) is 5.82 Å². The summed E-state index contributed by atoms with van der Waals surface area (Å²) in [5, 5.41) is 6.69. The second-order valence-corrected chi connectivity index (χ2v) is 8.23. The molecule has 0 spiro atoms. The van der Waals surface area contributed by atoms with Crippen LogP contribution in [0.4, 0.5) is 10.1 Å². The van der Waals surface area contributed by atoms with Crippen LogP contribution in [-0.4, -0.2) is 28.7 Å². The van der Waals surface area contributed by atoms with Gasteiger partial charge in [0.1, 0.15) is 5.82 Å². The third kappa shape index (κ3) is 4.73. The highest BCUT2D eigenvalue weighted by atomic mass is 35.5. The SMILES string of the molecule is CC(=O)N(C)Cc1cccc(/C=C/[C@@]2(c3ccccc3Cl)NC(=O)c3cc(F)ccc3N2)n1. The van der Waals surface area contributed by atoms with E-state index in [0.29, 0.717) is 28.5 Å². The van der Waals surface area contributed by atoms with Crippen molar-refractivity contribution >= 4 is 35.2 Å². The van der Waals surface area contributed by atoms with E-state index >= 15 is 0 Å². The first-order valence-corrected chi connectivity index (χ1v) is 10.7.